The highest BCUT2D eigenvalue weighted by Crippen LogP contribution is 2.26. The molecule has 0 aliphatic rings. The summed E-state index contributed by atoms with van der Waals surface area (Å²) in [5.41, 5.74) is 2.89. The SMILES string of the molecule is Cc1cccc(C(=O)O)c1Cc1ccc(Cl)cc1Cl. The first-order valence-corrected chi connectivity index (χ1v) is 6.50. The van der Waals surface area contributed by atoms with Gasteiger partial charge in [0.2, 0.25) is 0 Å². The van der Waals surface area contributed by atoms with Gasteiger partial charge in [-0.05, 0) is 41.8 Å². The zero-order valence-electron chi connectivity index (χ0n) is 10.3. The third-order valence-corrected chi connectivity index (χ3v) is 3.61. The van der Waals surface area contributed by atoms with Gasteiger partial charge in [0, 0.05) is 16.5 Å². The lowest BCUT2D eigenvalue weighted by Crippen LogP contribution is -2.05. The average Bonchev–Trinajstić information content (AvgIpc) is 2.34. The van der Waals surface area contributed by atoms with E-state index < -0.39 is 5.97 Å². The van der Waals surface area contributed by atoms with Crippen molar-refractivity contribution in [3.05, 3.63) is 68.7 Å². The Balaban J connectivity index is 2.46. The molecule has 0 bridgehead atoms. The van der Waals surface area contributed by atoms with Crippen molar-refractivity contribution < 1.29 is 9.90 Å². The fourth-order valence-corrected chi connectivity index (χ4v) is 2.47. The number of aromatic carboxylic acids is 1. The second-order valence-electron chi connectivity index (χ2n) is 4.32. The molecule has 4 heteroatoms. The third kappa shape index (κ3) is 3.09. The minimum Gasteiger partial charge on any atom is -0.478 e. The number of halogens is 2. The summed E-state index contributed by atoms with van der Waals surface area (Å²) >= 11 is 12.0. The standard InChI is InChI=1S/C15H12Cl2O2/c1-9-3-2-4-12(15(18)19)13(9)7-10-5-6-11(16)8-14(10)17/h2-6,8H,7H2,1H3,(H,18,19). The minimum atomic E-state index is -0.927. The average molecular weight is 295 g/mol. The monoisotopic (exact) mass is 294 g/mol. The molecular formula is C15H12Cl2O2. The van der Waals surface area contributed by atoms with E-state index in [9.17, 15) is 9.90 Å². The van der Waals surface area contributed by atoms with Crippen LogP contribution in [0.5, 0.6) is 0 Å². The summed E-state index contributed by atoms with van der Waals surface area (Å²) in [7, 11) is 0. The lowest BCUT2D eigenvalue weighted by Gasteiger charge is -2.11. The summed E-state index contributed by atoms with van der Waals surface area (Å²) in [4.78, 5) is 11.2. The molecule has 19 heavy (non-hydrogen) atoms. The van der Waals surface area contributed by atoms with Crippen molar-refractivity contribution >= 4 is 29.2 Å². The molecule has 0 unspecified atom stereocenters. The van der Waals surface area contributed by atoms with Crippen LogP contribution >= 0.6 is 23.2 Å². The topological polar surface area (TPSA) is 37.3 Å². The number of aryl methyl sites for hydroxylation is 1. The molecule has 98 valence electrons. The molecule has 0 saturated heterocycles. The van der Waals surface area contributed by atoms with Gasteiger partial charge < -0.3 is 5.11 Å². The second-order valence-corrected chi connectivity index (χ2v) is 5.16. The van der Waals surface area contributed by atoms with Gasteiger partial charge in [-0.25, -0.2) is 4.79 Å². The van der Waals surface area contributed by atoms with Gasteiger partial charge >= 0.3 is 5.97 Å². The fourth-order valence-electron chi connectivity index (χ4n) is 1.99. The maximum Gasteiger partial charge on any atom is 0.335 e. The van der Waals surface area contributed by atoms with Gasteiger partial charge in [-0.1, -0.05) is 41.4 Å². The van der Waals surface area contributed by atoms with E-state index in [1.54, 1.807) is 24.3 Å². The van der Waals surface area contributed by atoms with E-state index in [1.165, 1.54) is 0 Å². The molecule has 2 nitrogen and oxygen atoms in total. The van der Waals surface area contributed by atoms with E-state index >= 15 is 0 Å². The molecule has 0 aliphatic carbocycles. The van der Waals surface area contributed by atoms with Crippen LogP contribution in [0.1, 0.15) is 27.0 Å². The highest BCUT2D eigenvalue weighted by Gasteiger charge is 2.13. The van der Waals surface area contributed by atoms with Crippen LogP contribution in [0.25, 0.3) is 0 Å². The Morgan fingerprint density at radius 2 is 1.95 bits per heavy atom. The quantitative estimate of drug-likeness (QED) is 0.899. The van der Waals surface area contributed by atoms with Crippen LogP contribution in [0.3, 0.4) is 0 Å². The van der Waals surface area contributed by atoms with Crippen LogP contribution < -0.4 is 0 Å². The van der Waals surface area contributed by atoms with Crippen LogP contribution in [0.4, 0.5) is 0 Å². The predicted molar refractivity (Wildman–Crippen MR) is 77.4 cm³/mol. The fraction of sp³-hybridized carbons (Fsp3) is 0.133. The van der Waals surface area contributed by atoms with Gasteiger partial charge in [-0.3, -0.25) is 0 Å². The predicted octanol–water partition coefficient (Wildman–Crippen LogP) is 4.59. The number of hydrogen-bond acceptors (Lipinski definition) is 1. The molecule has 0 radical (unpaired) electrons. The van der Waals surface area contributed by atoms with E-state index in [2.05, 4.69) is 0 Å². The first-order chi connectivity index (χ1) is 8.99. The van der Waals surface area contributed by atoms with Gasteiger partial charge in [-0.15, -0.1) is 0 Å². The number of carboxylic acids is 1. The van der Waals surface area contributed by atoms with Crippen LogP contribution in [0, 0.1) is 6.92 Å². The molecule has 0 heterocycles. The Morgan fingerprint density at radius 1 is 1.21 bits per heavy atom. The molecule has 0 fully saturated rings. The van der Waals surface area contributed by atoms with Crippen molar-refractivity contribution in [2.45, 2.75) is 13.3 Å². The summed E-state index contributed by atoms with van der Waals surface area (Å²) in [5.74, 6) is -0.927. The molecule has 1 N–H and O–H groups in total. The van der Waals surface area contributed by atoms with Gasteiger partial charge in [0.15, 0.2) is 0 Å². The highest BCUT2D eigenvalue weighted by molar-refractivity contribution is 6.35. The molecule has 0 aromatic heterocycles. The molecule has 2 rings (SSSR count). The molecule has 0 amide bonds. The van der Waals surface area contributed by atoms with Crippen molar-refractivity contribution in [2.75, 3.05) is 0 Å². The van der Waals surface area contributed by atoms with E-state index in [0.717, 1.165) is 16.7 Å². The third-order valence-electron chi connectivity index (χ3n) is 3.02. The lowest BCUT2D eigenvalue weighted by atomic mass is 9.95. The normalized spacial score (nSPS) is 10.5. The van der Waals surface area contributed by atoms with Gasteiger partial charge in [0.05, 0.1) is 5.56 Å². The molecule has 2 aromatic rings. The van der Waals surface area contributed by atoms with Crippen molar-refractivity contribution in [1.82, 2.24) is 0 Å². The molecular weight excluding hydrogens is 283 g/mol. The van der Waals surface area contributed by atoms with Gasteiger partial charge in [0.25, 0.3) is 0 Å². The van der Waals surface area contributed by atoms with Gasteiger partial charge in [-0.2, -0.15) is 0 Å². The van der Waals surface area contributed by atoms with E-state index in [4.69, 9.17) is 23.2 Å². The number of hydrogen-bond donors (Lipinski definition) is 1. The van der Waals surface area contributed by atoms with Gasteiger partial charge in [0.1, 0.15) is 0 Å². The summed E-state index contributed by atoms with van der Waals surface area (Å²) in [5, 5.41) is 10.3. The van der Waals surface area contributed by atoms with E-state index in [-0.39, 0.29) is 0 Å². The van der Waals surface area contributed by atoms with E-state index in [0.29, 0.717) is 22.0 Å². The largest absolute Gasteiger partial charge is 0.478 e. The lowest BCUT2D eigenvalue weighted by molar-refractivity contribution is 0.0695. The second kappa shape index (κ2) is 5.64. The summed E-state index contributed by atoms with van der Waals surface area (Å²) < 4.78 is 0. The first-order valence-electron chi connectivity index (χ1n) is 5.74. The zero-order valence-corrected chi connectivity index (χ0v) is 11.8. The summed E-state index contributed by atoms with van der Waals surface area (Å²) in [6.45, 7) is 1.89. The van der Waals surface area contributed by atoms with Crippen LogP contribution in [0.2, 0.25) is 10.0 Å². The van der Waals surface area contributed by atoms with Crippen LogP contribution in [0.15, 0.2) is 36.4 Å². The Labute approximate surface area is 121 Å². The van der Waals surface area contributed by atoms with Crippen molar-refractivity contribution in [2.24, 2.45) is 0 Å². The highest BCUT2D eigenvalue weighted by atomic mass is 35.5. The number of carbonyl (C=O) groups is 1. The zero-order chi connectivity index (χ0) is 14.0. The van der Waals surface area contributed by atoms with Crippen molar-refractivity contribution in [3.8, 4) is 0 Å². The molecule has 0 atom stereocenters. The maximum atomic E-state index is 11.2. The van der Waals surface area contributed by atoms with Crippen molar-refractivity contribution in [3.63, 3.8) is 0 Å². The van der Waals surface area contributed by atoms with E-state index in [1.807, 2.05) is 19.1 Å². The molecule has 2 aromatic carbocycles. The maximum absolute atomic E-state index is 11.2. The number of benzene rings is 2. The molecule has 0 aliphatic heterocycles. The smallest absolute Gasteiger partial charge is 0.335 e. The Morgan fingerprint density at radius 3 is 2.58 bits per heavy atom. The molecule has 0 saturated carbocycles. The molecule has 0 spiro atoms. The van der Waals surface area contributed by atoms with Crippen molar-refractivity contribution in [1.29, 1.82) is 0 Å². The first kappa shape index (κ1) is 13.9. The van der Waals surface area contributed by atoms with Crippen LogP contribution in [-0.2, 0) is 6.42 Å². The summed E-state index contributed by atoms with van der Waals surface area (Å²) in [6, 6.07) is 10.5. The Kier molecular flexibility index (Phi) is 4.13. The Bertz CT molecular complexity index is 636. The van der Waals surface area contributed by atoms with Crippen LogP contribution in [-0.4, -0.2) is 11.1 Å². The minimum absolute atomic E-state index is 0.311. The Hall–Kier alpha value is -1.51. The number of rotatable bonds is 3. The number of carboxylic acid groups (broad SMARTS) is 1. The summed E-state index contributed by atoms with van der Waals surface area (Å²) in [6.07, 6.45) is 0.476.